The maximum absolute atomic E-state index is 12.0. The largest absolute Gasteiger partial charge is 0.256 e. The Kier molecular flexibility index (Phi) is 3.65. The molecular formula is C16H12N2OS. The van der Waals surface area contributed by atoms with Gasteiger partial charge >= 0.3 is 0 Å². The molecule has 0 aliphatic rings. The van der Waals surface area contributed by atoms with Crippen molar-refractivity contribution in [2.45, 2.75) is 5.03 Å². The number of para-hydroxylation sites is 1. The molecule has 1 aromatic carbocycles. The first-order valence-corrected chi connectivity index (χ1v) is 7.39. The van der Waals surface area contributed by atoms with Crippen LogP contribution in [0.3, 0.4) is 0 Å². The summed E-state index contributed by atoms with van der Waals surface area (Å²) in [7, 11) is -1.24. The Balaban J connectivity index is 1.85. The number of aromatic nitrogens is 2. The first kappa shape index (κ1) is 12.7. The minimum Gasteiger partial charge on any atom is -0.256 e. The van der Waals surface area contributed by atoms with E-state index in [1.54, 1.807) is 29.9 Å². The first-order valence-electron chi connectivity index (χ1n) is 6.17. The number of fused-ring (bicyclic) bond motifs is 1. The zero-order valence-electron chi connectivity index (χ0n) is 10.6. The third kappa shape index (κ3) is 2.81. The average molecular weight is 280 g/mol. The Morgan fingerprint density at radius 1 is 1.00 bits per heavy atom. The highest BCUT2D eigenvalue weighted by Crippen LogP contribution is 2.14. The van der Waals surface area contributed by atoms with Crippen LogP contribution in [0, 0.1) is 0 Å². The van der Waals surface area contributed by atoms with Crippen LogP contribution in [-0.4, -0.2) is 14.2 Å². The van der Waals surface area contributed by atoms with Crippen LogP contribution in [0.5, 0.6) is 0 Å². The monoisotopic (exact) mass is 280 g/mol. The topological polar surface area (TPSA) is 42.9 Å². The van der Waals surface area contributed by atoms with E-state index in [1.807, 2.05) is 42.5 Å². The quantitative estimate of drug-likeness (QED) is 0.738. The lowest BCUT2D eigenvalue weighted by molar-refractivity contribution is 0.686. The van der Waals surface area contributed by atoms with Gasteiger partial charge in [0.1, 0.15) is 5.03 Å². The van der Waals surface area contributed by atoms with Crippen molar-refractivity contribution >= 4 is 27.8 Å². The normalized spacial score (nSPS) is 12.8. The molecule has 0 saturated heterocycles. The van der Waals surface area contributed by atoms with Gasteiger partial charge in [-0.05, 0) is 35.9 Å². The molecule has 1 unspecified atom stereocenters. The van der Waals surface area contributed by atoms with Gasteiger partial charge in [-0.2, -0.15) is 0 Å². The molecule has 98 valence electrons. The summed E-state index contributed by atoms with van der Waals surface area (Å²) in [5.41, 5.74) is 1.88. The molecule has 0 aliphatic heterocycles. The number of hydrogen-bond acceptors (Lipinski definition) is 3. The second-order valence-corrected chi connectivity index (χ2v) is 5.51. The van der Waals surface area contributed by atoms with Crippen LogP contribution in [0.4, 0.5) is 0 Å². The molecule has 0 bridgehead atoms. The van der Waals surface area contributed by atoms with E-state index >= 15 is 0 Å². The summed E-state index contributed by atoms with van der Waals surface area (Å²) >= 11 is 0. The van der Waals surface area contributed by atoms with Crippen molar-refractivity contribution < 1.29 is 4.21 Å². The van der Waals surface area contributed by atoms with Gasteiger partial charge in [-0.1, -0.05) is 24.3 Å². The van der Waals surface area contributed by atoms with Gasteiger partial charge in [-0.3, -0.25) is 4.98 Å². The molecule has 0 spiro atoms. The first-order chi connectivity index (χ1) is 9.83. The summed E-state index contributed by atoms with van der Waals surface area (Å²) in [6, 6.07) is 15.3. The van der Waals surface area contributed by atoms with E-state index < -0.39 is 10.8 Å². The zero-order valence-corrected chi connectivity index (χ0v) is 11.5. The van der Waals surface area contributed by atoms with E-state index in [0.717, 1.165) is 16.5 Å². The molecule has 3 nitrogen and oxygen atoms in total. The highest BCUT2D eigenvalue weighted by atomic mass is 32.2. The van der Waals surface area contributed by atoms with Crippen LogP contribution in [0.1, 0.15) is 5.56 Å². The molecule has 1 atom stereocenters. The second-order valence-electron chi connectivity index (χ2n) is 4.23. The fraction of sp³-hybridized carbons (Fsp3) is 0. The molecule has 3 rings (SSSR count). The fourth-order valence-corrected chi connectivity index (χ4v) is 2.65. The van der Waals surface area contributed by atoms with Gasteiger partial charge < -0.3 is 0 Å². The fourth-order valence-electron chi connectivity index (χ4n) is 1.86. The van der Waals surface area contributed by atoms with Crippen molar-refractivity contribution in [3.05, 3.63) is 71.9 Å². The Morgan fingerprint density at radius 2 is 1.85 bits per heavy atom. The maximum Gasteiger partial charge on any atom is 0.131 e. The molecule has 2 heterocycles. The summed E-state index contributed by atoms with van der Waals surface area (Å²) in [4.78, 5) is 8.44. The molecule has 3 aromatic rings. The smallest absolute Gasteiger partial charge is 0.131 e. The lowest BCUT2D eigenvalue weighted by Crippen LogP contribution is -1.89. The summed E-state index contributed by atoms with van der Waals surface area (Å²) in [5.74, 6) is 0. The number of benzene rings is 1. The van der Waals surface area contributed by atoms with E-state index in [4.69, 9.17) is 0 Å². The van der Waals surface area contributed by atoms with Crippen molar-refractivity contribution in [2.75, 3.05) is 0 Å². The van der Waals surface area contributed by atoms with E-state index in [0.29, 0.717) is 5.03 Å². The van der Waals surface area contributed by atoms with Gasteiger partial charge in [0.2, 0.25) is 0 Å². The van der Waals surface area contributed by atoms with E-state index in [1.165, 1.54) is 0 Å². The molecule has 0 aliphatic carbocycles. The van der Waals surface area contributed by atoms with Crippen molar-refractivity contribution in [1.29, 1.82) is 0 Å². The predicted octanol–water partition coefficient (Wildman–Crippen LogP) is 3.41. The van der Waals surface area contributed by atoms with E-state index in [-0.39, 0.29) is 0 Å². The SMILES string of the molecule is O=S(/C=C\c1cnc2ccccc2c1)c1ccccn1. The summed E-state index contributed by atoms with van der Waals surface area (Å²) < 4.78 is 12.0. The molecule has 0 amide bonds. The third-order valence-corrected chi connectivity index (χ3v) is 3.88. The van der Waals surface area contributed by atoms with Gasteiger partial charge in [-0.15, -0.1) is 0 Å². The van der Waals surface area contributed by atoms with Crippen LogP contribution >= 0.6 is 0 Å². The van der Waals surface area contributed by atoms with Crippen LogP contribution in [-0.2, 0) is 10.8 Å². The van der Waals surface area contributed by atoms with Crippen LogP contribution in [0.25, 0.3) is 17.0 Å². The van der Waals surface area contributed by atoms with Crippen molar-refractivity contribution in [1.82, 2.24) is 9.97 Å². The highest BCUT2D eigenvalue weighted by Gasteiger charge is 2.00. The van der Waals surface area contributed by atoms with Gasteiger partial charge in [0.25, 0.3) is 0 Å². The molecule has 4 heteroatoms. The van der Waals surface area contributed by atoms with Gasteiger partial charge in [0, 0.05) is 23.2 Å². The number of nitrogens with zero attached hydrogens (tertiary/aromatic N) is 2. The molecule has 0 radical (unpaired) electrons. The number of hydrogen-bond donors (Lipinski definition) is 0. The minimum atomic E-state index is -1.24. The molecular weight excluding hydrogens is 268 g/mol. The van der Waals surface area contributed by atoms with E-state index in [2.05, 4.69) is 9.97 Å². The molecule has 2 aromatic heterocycles. The number of rotatable bonds is 3. The average Bonchev–Trinajstić information content (AvgIpc) is 2.53. The molecule has 0 N–H and O–H groups in total. The number of pyridine rings is 2. The molecule has 0 saturated carbocycles. The van der Waals surface area contributed by atoms with Crippen molar-refractivity contribution in [3.8, 4) is 0 Å². The van der Waals surface area contributed by atoms with Gasteiger partial charge in [0.05, 0.1) is 16.3 Å². The van der Waals surface area contributed by atoms with E-state index in [9.17, 15) is 4.21 Å². The van der Waals surface area contributed by atoms with Gasteiger partial charge in [0.15, 0.2) is 0 Å². The Hall–Kier alpha value is -2.33. The summed E-state index contributed by atoms with van der Waals surface area (Å²) in [6.07, 6.45) is 5.22. The van der Waals surface area contributed by atoms with Crippen LogP contribution < -0.4 is 0 Å². The lowest BCUT2D eigenvalue weighted by atomic mass is 10.2. The second kappa shape index (κ2) is 5.75. The molecule has 20 heavy (non-hydrogen) atoms. The van der Waals surface area contributed by atoms with Crippen LogP contribution in [0.15, 0.2) is 71.4 Å². The highest BCUT2D eigenvalue weighted by molar-refractivity contribution is 7.88. The minimum absolute atomic E-state index is 0.553. The van der Waals surface area contributed by atoms with Crippen molar-refractivity contribution in [3.63, 3.8) is 0 Å². The Labute approximate surface area is 119 Å². The molecule has 0 fully saturated rings. The van der Waals surface area contributed by atoms with Gasteiger partial charge in [-0.25, -0.2) is 9.19 Å². The summed E-state index contributed by atoms with van der Waals surface area (Å²) in [5, 5.41) is 3.25. The standard InChI is InChI=1S/C16H12N2OS/c19-20(16-7-3-4-9-17-16)10-8-13-11-14-5-1-2-6-15(14)18-12-13/h1-12H/b10-8-. The lowest BCUT2D eigenvalue weighted by Gasteiger charge is -1.98. The predicted molar refractivity (Wildman–Crippen MR) is 81.4 cm³/mol. The summed E-state index contributed by atoms with van der Waals surface area (Å²) in [6.45, 7) is 0. The van der Waals surface area contributed by atoms with Crippen LogP contribution in [0.2, 0.25) is 0 Å². The third-order valence-electron chi connectivity index (χ3n) is 2.84. The maximum atomic E-state index is 12.0. The van der Waals surface area contributed by atoms with Crippen molar-refractivity contribution in [2.24, 2.45) is 0 Å². The Morgan fingerprint density at radius 3 is 2.70 bits per heavy atom. The Bertz CT molecular complexity index is 785. The zero-order chi connectivity index (χ0) is 13.8.